The zero-order chi connectivity index (χ0) is 13.9. The van der Waals surface area contributed by atoms with Crippen LogP contribution in [0, 0.1) is 5.92 Å². The Labute approximate surface area is 107 Å². The summed E-state index contributed by atoms with van der Waals surface area (Å²) in [6.45, 7) is 2.19. The molecule has 2 atom stereocenters. The molecule has 1 heterocycles. The average Bonchev–Trinajstić information content (AvgIpc) is 2.24. The Morgan fingerprint density at radius 2 is 2.00 bits per heavy atom. The van der Waals surface area contributed by atoms with Crippen molar-refractivity contribution in [1.29, 1.82) is 0 Å². The highest BCUT2D eigenvalue weighted by atomic mass is 32.2. The predicted octanol–water partition coefficient (Wildman–Crippen LogP) is 0.133. The fourth-order valence-electron chi connectivity index (χ4n) is 2.26. The van der Waals surface area contributed by atoms with Crippen LogP contribution in [0.5, 0.6) is 0 Å². The first kappa shape index (κ1) is 14.9. The van der Waals surface area contributed by atoms with E-state index in [0.29, 0.717) is 6.54 Å². The van der Waals surface area contributed by atoms with E-state index in [4.69, 9.17) is 5.11 Å². The van der Waals surface area contributed by atoms with Gasteiger partial charge in [0, 0.05) is 19.2 Å². The first-order valence-electron chi connectivity index (χ1n) is 5.92. The van der Waals surface area contributed by atoms with Crippen LogP contribution in [0.1, 0.15) is 26.2 Å². The number of hydrogen-bond donors (Lipinski definition) is 1. The second-order valence-electron chi connectivity index (χ2n) is 4.87. The topological polar surface area (TPSA) is 91.8 Å². The van der Waals surface area contributed by atoms with Crippen LogP contribution in [0.3, 0.4) is 0 Å². The molecule has 18 heavy (non-hydrogen) atoms. The van der Waals surface area contributed by atoms with Crippen molar-refractivity contribution in [2.45, 2.75) is 32.2 Å². The number of amides is 1. The molecule has 0 radical (unpaired) electrons. The molecule has 0 bridgehead atoms. The fourth-order valence-corrected chi connectivity index (χ4v) is 2.81. The van der Waals surface area contributed by atoms with Crippen molar-refractivity contribution in [3.63, 3.8) is 0 Å². The maximum absolute atomic E-state index is 11.9. The first-order valence-corrected chi connectivity index (χ1v) is 7.98. The molecule has 104 valence electrons. The molecule has 1 rings (SSSR count). The van der Waals surface area contributed by atoms with E-state index >= 15 is 0 Å². The van der Waals surface area contributed by atoms with Crippen molar-refractivity contribution in [2.75, 3.05) is 18.6 Å². The van der Waals surface area contributed by atoms with E-state index in [1.807, 2.05) is 0 Å². The van der Waals surface area contributed by atoms with Crippen molar-refractivity contribution in [2.24, 2.45) is 5.92 Å². The molecular formula is C11H19NO5S. The van der Waals surface area contributed by atoms with Gasteiger partial charge in [0.1, 0.15) is 15.9 Å². The highest BCUT2D eigenvalue weighted by Gasteiger charge is 2.36. The summed E-state index contributed by atoms with van der Waals surface area (Å²) in [6, 6.07) is -0.828. The van der Waals surface area contributed by atoms with Gasteiger partial charge in [0.05, 0.1) is 5.75 Å². The maximum Gasteiger partial charge on any atom is 0.326 e. The molecule has 1 aliphatic rings. The van der Waals surface area contributed by atoms with E-state index in [2.05, 4.69) is 0 Å². The number of aliphatic carboxylic acids is 1. The molecule has 1 N–H and O–H groups in total. The monoisotopic (exact) mass is 277 g/mol. The van der Waals surface area contributed by atoms with Gasteiger partial charge in [-0.15, -0.1) is 0 Å². The predicted molar refractivity (Wildman–Crippen MR) is 65.9 cm³/mol. The first-order chi connectivity index (χ1) is 8.22. The van der Waals surface area contributed by atoms with Gasteiger partial charge in [0.2, 0.25) is 5.91 Å². The van der Waals surface area contributed by atoms with Gasteiger partial charge in [0.25, 0.3) is 0 Å². The Bertz CT molecular complexity index is 431. The number of sulfone groups is 1. The fraction of sp³-hybridized carbons (Fsp3) is 0.818. The third-order valence-corrected chi connectivity index (χ3v) is 4.14. The lowest BCUT2D eigenvalue weighted by molar-refractivity contribution is -0.154. The maximum atomic E-state index is 11.9. The van der Waals surface area contributed by atoms with Crippen molar-refractivity contribution in [3.05, 3.63) is 0 Å². The highest BCUT2D eigenvalue weighted by Crippen LogP contribution is 2.24. The number of piperidine rings is 1. The van der Waals surface area contributed by atoms with Crippen LogP contribution in [0.25, 0.3) is 0 Å². The molecule has 2 unspecified atom stereocenters. The van der Waals surface area contributed by atoms with Crippen molar-refractivity contribution >= 4 is 21.7 Å². The van der Waals surface area contributed by atoms with Crippen molar-refractivity contribution in [1.82, 2.24) is 4.90 Å². The lowest BCUT2D eigenvalue weighted by Crippen LogP contribution is -2.52. The smallest absolute Gasteiger partial charge is 0.326 e. The van der Waals surface area contributed by atoms with Gasteiger partial charge in [0.15, 0.2) is 0 Å². The Morgan fingerprint density at radius 1 is 1.39 bits per heavy atom. The second-order valence-corrected chi connectivity index (χ2v) is 7.13. The Morgan fingerprint density at radius 3 is 2.50 bits per heavy atom. The van der Waals surface area contributed by atoms with Crippen molar-refractivity contribution in [3.8, 4) is 0 Å². The van der Waals surface area contributed by atoms with Gasteiger partial charge >= 0.3 is 5.97 Å². The van der Waals surface area contributed by atoms with Gasteiger partial charge < -0.3 is 10.0 Å². The summed E-state index contributed by atoms with van der Waals surface area (Å²) >= 11 is 0. The summed E-state index contributed by atoms with van der Waals surface area (Å²) in [6.07, 6.45) is 2.45. The number of nitrogens with zero attached hydrogens (tertiary/aromatic N) is 1. The molecule has 0 aromatic rings. The van der Waals surface area contributed by atoms with Gasteiger partial charge in [-0.25, -0.2) is 13.2 Å². The van der Waals surface area contributed by atoms with E-state index in [1.54, 1.807) is 6.92 Å². The van der Waals surface area contributed by atoms with Gasteiger partial charge in [-0.3, -0.25) is 4.79 Å². The molecule has 1 fully saturated rings. The van der Waals surface area contributed by atoms with E-state index in [-0.39, 0.29) is 24.0 Å². The molecule has 0 spiro atoms. The molecule has 0 aromatic carbocycles. The largest absolute Gasteiger partial charge is 0.480 e. The van der Waals surface area contributed by atoms with Crippen LogP contribution in [0.2, 0.25) is 0 Å². The number of carboxylic acids is 1. The number of carbonyl (C=O) groups is 2. The zero-order valence-electron chi connectivity index (χ0n) is 10.6. The van der Waals surface area contributed by atoms with Crippen LogP contribution in [-0.2, 0) is 19.4 Å². The summed E-state index contributed by atoms with van der Waals surface area (Å²) in [5.74, 6) is -1.74. The third kappa shape index (κ3) is 3.97. The molecule has 0 saturated carbocycles. The van der Waals surface area contributed by atoms with Crippen LogP contribution in [0.15, 0.2) is 0 Å². The summed E-state index contributed by atoms with van der Waals surface area (Å²) in [4.78, 5) is 24.4. The minimum absolute atomic E-state index is 0.0987. The quantitative estimate of drug-likeness (QED) is 0.788. The van der Waals surface area contributed by atoms with Gasteiger partial charge in [-0.2, -0.15) is 0 Å². The van der Waals surface area contributed by atoms with Gasteiger partial charge in [-0.1, -0.05) is 6.92 Å². The van der Waals surface area contributed by atoms with E-state index < -0.39 is 21.8 Å². The van der Waals surface area contributed by atoms with Crippen LogP contribution in [-0.4, -0.2) is 54.9 Å². The third-order valence-electron chi connectivity index (χ3n) is 3.19. The summed E-state index contributed by atoms with van der Waals surface area (Å²) in [5, 5.41) is 9.14. The minimum Gasteiger partial charge on any atom is -0.480 e. The number of hydrogen-bond acceptors (Lipinski definition) is 4. The zero-order valence-corrected chi connectivity index (χ0v) is 11.4. The molecule has 1 saturated heterocycles. The van der Waals surface area contributed by atoms with E-state index in [1.165, 1.54) is 4.90 Å². The molecule has 0 aliphatic carbocycles. The van der Waals surface area contributed by atoms with Crippen LogP contribution < -0.4 is 0 Å². The number of likely N-dealkylation sites (tertiary alicyclic amines) is 1. The normalized spacial score (nSPS) is 24.9. The van der Waals surface area contributed by atoms with E-state index in [0.717, 1.165) is 19.1 Å². The molecular weight excluding hydrogens is 258 g/mol. The molecule has 1 amide bonds. The average molecular weight is 277 g/mol. The van der Waals surface area contributed by atoms with Gasteiger partial charge in [-0.05, 0) is 18.8 Å². The Hall–Kier alpha value is -1.11. The standard InChI is InChI=1S/C11H19NO5S/c1-8-4-3-6-12(10(8)11(14)15)9(13)5-7-18(2,16)17/h8,10H,3-7H2,1-2H3,(H,14,15). The van der Waals surface area contributed by atoms with E-state index in [9.17, 15) is 18.0 Å². The number of rotatable bonds is 4. The SMILES string of the molecule is CC1CCCN(C(=O)CCS(C)(=O)=O)C1C(=O)O. The second kappa shape index (κ2) is 5.69. The lowest BCUT2D eigenvalue weighted by Gasteiger charge is -2.37. The number of carboxylic acid groups (broad SMARTS) is 1. The Balaban J connectivity index is 2.72. The Kier molecular flexibility index (Phi) is 4.72. The molecule has 0 aromatic heterocycles. The molecule has 1 aliphatic heterocycles. The summed E-state index contributed by atoms with van der Waals surface area (Å²) in [7, 11) is -3.20. The minimum atomic E-state index is -3.20. The van der Waals surface area contributed by atoms with Crippen LogP contribution in [0.4, 0.5) is 0 Å². The molecule has 6 nitrogen and oxygen atoms in total. The molecule has 7 heteroatoms. The summed E-state index contributed by atoms with van der Waals surface area (Å²) < 4.78 is 22.0. The summed E-state index contributed by atoms with van der Waals surface area (Å²) in [5.41, 5.74) is 0. The van der Waals surface area contributed by atoms with Crippen LogP contribution >= 0.6 is 0 Å². The highest BCUT2D eigenvalue weighted by molar-refractivity contribution is 7.90. The number of carbonyl (C=O) groups excluding carboxylic acids is 1. The van der Waals surface area contributed by atoms with Crippen molar-refractivity contribution < 1.29 is 23.1 Å². The lowest BCUT2D eigenvalue weighted by atomic mass is 9.90.